The molecule has 2 aromatic carbocycles. The molecule has 0 unspecified atom stereocenters. The van der Waals surface area contributed by atoms with Crippen molar-refractivity contribution in [1.29, 1.82) is 0 Å². The number of hydrogen-bond donors (Lipinski definition) is 0. The number of hydrogen-bond acceptors (Lipinski definition) is 5. The number of piperidine rings is 1. The van der Waals surface area contributed by atoms with Gasteiger partial charge in [-0.15, -0.1) is 0 Å². The summed E-state index contributed by atoms with van der Waals surface area (Å²) in [5.74, 6) is 0.522. The highest BCUT2D eigenvalue weighted by Gasteiger charge is 2.33. The fourth-order valence-corrected chi connectivity index (χ4v) is 5.27. The van der Waals surface area contributed by atoms with Gasteiger partial charge in [-0.1, -0.05) is 12.1 Å². The van der Waals surface area contributed by atoms with Crippen molar-refractivity contribution in [3.8, 4) is 5.75 Å². The van der Waals surface area contributed by atoms with E-state index >= 15 is 0 Å². The van der Waals surface area contributed by atoms with Crippen LogP contribution in [0.2, 0.25) is 0 Å². The average Bonchev–Trinajstić information content (AvgIpc) is 2.79. The van der Waals surface area contributed by atoms with E-state index in [1.165, 1.54) is 4.31 Å². The lowest BCUT2D eigenvalue weighted by Gasteiger charge is -2.32. The summed E-state index contributed by atoms with van der Waals surface area (Å²) in [5.41, 5.74) is 2.18. The van der Waals surface area contributed by atoms with Crippen LogP contribution < -0.4 is 9.64 Å². The summed E-state index contributed by atoms with van der Waals surface area (Å²) in [7, 11) is 3.77. The second-order valence-electron chi connectivity index (χ2n) is 8.11. The van der Waals surface area contributed by atoms with Crippen LogP contribution in [0.25, 0.3) is 0 Å². The van der Waals surface area contributed by atoms with Crippen molar-refractivity contribution < 1.29 is 17.9 Å². The number of carbonyl (C=O) groups is 1. The van der Waals surface area contributed by atoms with Crippen LogP contribution in [0.5, 0.6) is 5.75 Å². The molecular weight excluding hydrogens is 414 g/mol. The Morgan fingerprint density at radius 1 is 1.00 bits per heavy atom. The molecule has 1 fully saturated rings. The number of nitrogens with zero attached hydrogens (tertiary/aromatic N) is 3. The Hall–Kier alpha value is -2.58. The van der Waals surface area contributed by atoms with Gasteiger partial charge in [0.05, 0.1) is 12.0 Å². The highest BCUT2D eigenvalue weighted by molar-refractivity contribution is 7.89. The van der Waals surface area contributed by atoms with Crippen molar-refractivity contribution >= 4 is 21.6 Å². The van der Waals surface area contributed by atoms with Gasteiger partial charge in [0.25, 0.3) is 0 Å². The second-order valence-corrected chi connectivity index (χ2v) is 10.0. The minimum Gasteiger partial charge on any atom is -0.497 e. The van der Waals surface area contributed by atoms with E-state index in [1.807, 2.05) is 50.3 Å². The summed E-state index contributed by atoms with van der Waals surface area (Å²) in [6.45, 7) is 1.23. The predicted octanol–water partition coefficient (Wildman–Crippen LogP) is 2.82. The molecule has 8 heteroatoms. The number of amides is 1. The predicted molar refractivity (Wildman–Crippen MR) is 122 cm³/mol. The van der Waals surface area contributed by atoms with Crippen molar-refractivity contribution in [2.24, 2.45) is 5.92 Å². The first-order valence-corrected chi connectivity index (χ1v) is 11.8. The van der Waals surface area contributed by atoms with Crippen LogP contribution in [0.4, 0.5) is 5.69 Å². The van der Waals surface area contributed by atoms with E-state index in [0.29, 0.717) is 38.2 Å². The van der Waals surface area contributed by atoms with Gasteiger partial charge in [0.1, 0.15) is 5.75 Å². The molecule has 2 aromatic rings. The van der Waals surface area contributed by atoms with Gasteiger partial charge < -0.3 is 14.5 Å². The quantitative estimate of drug-likeness (QED) is 0.656. The maximum Gasteiger partial charge on any atom is 0.243 e. The molecule has 1 aliphatic heterocycles. The molecule has 1 amide bonds. The van der Waals surface area contributed by atoms with Gasteiger partial charge in [-0.3, -0.25) is 4.79 Å². The van der Waals surface area contributed by atoms with Gasteiger partial charge in [0.2, 0.25) is 15.9 Å². The number of carbonyl (C=O) groups excluding carboxylic acids is 1. The highest BCUT2D eigenvalue weighted by atomic mass is 32.2. The second kappa shape index (κ2) is 9.70. The Kier molecular flexibility index (Phi) is 7.23. The van der Waals surface area contributed by atoms with Crippen molar-refractivity contribution in [3.05, 3.63) is 54.1 Å². The Labute approximate surface area is 185 Å². The lowest BCUT2D eigenvalue weighted by Crippen LogP contribution is -2.43. The summed E-state index contributed by atoms with van der Waals surface area (Å²) in [4.78, 5) is 16.9. The van der Waals surface area contributed by atoms with Crippen LogP contribution in [0, 0.1) is 5.92 Å². The van der Waals surface area contributed by atoms with Gasteiger partial charge >= 0.3 is 0 Å². The SMILES string of the molecule is COc1ccc(S(=O)(=O)N2CCC(C(=O)N(C)Cc3ccc(N(C)C)cc3)CC2)cc1. The minimum atomic E-state index is -3.57. The van der Waals surface area contributed by atoms with Crippen LogP contribution in [-0.4, -0.2) is 64.9 Å². The zero-order valence-corrected chi connectivity index (χ0v) is 19.4. The van der Waals surface area contributed by atoms with Crippen LogP contribution >= 0.6 is 0 Å². The topological polar surface area (TPSA) is 70.2 Å². The summed E-state index contributed by atoms with van der Waals surface area (Å²) in [5, 5.41) is 0. The lowest BCUT2D eigenvalue weighted by atomic mass is 9.96. The van der Waals surface area contributed by atoms with E-state index in [-0.39, 0.29) is 16.7 Å². The molecule has 3 rings (SSSR count). The van der Waals surface area contributed by atoms with Gasteiger partial charge in [-0.25, -0.2) is 8.42 Å². The Morgan fingerprint density at radius 3 is 2.10 bits per heavy atom. The summed E-state index contributed by atoms with van der Waals surface area (Å²) in [6.07, 6.45) is 1.05. The first-order valence-electron chi connectivity index (χ1n) is 10.4. The molecule has 1 aliphatic rings. The van der Waals surface area contributed by atoms with E-state index in [2.05, 4.69) is 0 Å². The van der Waals surface area contributed by atoms with Crippen molar-refractivity contribution in [1.82, 2.24) is 9.21 Å². The fraction of sp³-hybridized carbons (Fsp3) is 0.435. The molecule has 31 heavy (non-hydrogen) atoms. The van der Waals surface area contributed by atoms with Crippen LogP contribution in [0.3, 0.4) is 0 Å². The lowest BCUT2D eigenvalue weighted by molar-refractivity contribution is -0.135. The third-order valence-corrected chi connectivity index (χ3v) is 7.66. The minimum absolute atomic E-state index is 0.0678. The number of sulfonamides is 1. The van der Waals surface area contributed by atoms with E-state index in [9.17, 15) is 13.2 Å². The third-order valence-electron chi connectivity index (χ3n) is 5.75. The molecular formula is C23H31N3O4S. The monoisotopic (exact) mass is 445 g/mol. The molecule has 0 N–H and O–H groups in total. The number of methoxy groups -OCH3 is 1. The molecule has 0 atom stereocenters. The maximum absolute atomic E-state index is 12.9. The third kappa shape index (κ3) is 5.37. The normalized spacial score (nSPS) is 15.5. The van der Waals surface area contributed by atoms with Crippen molar-refractivity contribution in [2.45, 2.75) is 24.3 Å². The van der Waals surface area contributed by atoms with E-state index in [4.69, 9.17) is 4.74 Å². The number of rotatable bonds is 7. The van der Waals surface area contributed by atoms with Gasteiger partial charge in [-0.2, -0.15) is 4.31 Å². The van der Waals surface area contributed by atoms with Gasteiger partial charge in [-0.05, 0) is 54.8 Å². The fourth-order valence-electron chi connectivity index (χ4n) is 3.80. The molecule has 7 nitrogen and oxygen atoms in total. The molecule has 168 valence electrons. The van der Waals surface area contributed by atoms with Gasteiger partial charge in [0.15, 0.2) is 0 Å². The largest absolute Gasteiger partial charge is 0.497 e. The van der Waals surface area contributed by atoms with E-state index in [0.717, 1.165) is 11.3 Å². The van der Waals surface area contributed by atoms with Crippen LogP contribution in [0.1, 0.15) is 18.4 Å². The Balaban J connectivity index is 1.57. The molecule has 0 aliphatic carbocycles. The Bertz CT molecular complexity index is 980. The molecule has 0 spiro atoms. The first-order chi connectivity index (χ1) is 14.7. The van der Waals surface area contributed by atoms with Crippen LogP contribution in [-0.2, 0) is 21.4 Å². The summed E-state index contributed by atoms with van der Waals surface area (Å²) in [6, 6.07) is 14.5. The number of anilines is 1. The van der Waals surface area contributed by atoms with Crippen LogP contribution in [0.15, 0.2) is 53.4 Å². The molecule has 1 heterocycles. The zero-order valence-electron chi connectivity index (χ0n) is 18.6. The molecule has 0 aromatic heterocycles. The molecule has 0 bridgehead atoms. The molecule has 0 saturated carbocycles. The summed E-state index contributed by atoms with van der Waals surface area (Å²) < 4.78 is 32.4. The number of ether oxygens (including phenoxy) is 1. The Morgan fingerprint density at radius 2 is 1.58 bits per heavy atom. The number of benzene rings is 2. The smallest absolute Gasteiger partial charge is 0.243 e. The maximum atomic E-state index is 12.9. The molecule has 0 radical (unpaired) electrons. The standard InChI is InChI=1S/C23H31N3O4S/c1-24(2)20-7-5-18(6-8-20)17-25(3)23(27)19-13-15-26(16-14-19)31(28,29)22-11-9-21(30-4)10-12-22/h5-12,19H,13-17H2,1-4H3. The first kappa shape index (κ1) is 23.1. The van der Waals surface area contributed by atoms with E-state index in [1.54, 1.807) is 36.3 Å². The highest BCUT2D eigenvalue weighted by Crippen LogP contribution is 2.26. The van der Waals surface area contributed by atoms with Crippen molar-refractivity contribution in [3.63, 3.8) is 0 Å². The zero-order chi connectivity index (χ0) is 22.6. The van der Waals surface area contributed by atoms with Gasteiger partial charge in [0, 0.05) is 52.4 Å². The summed E-state index contributed by atoms with van der Waals surface area (Å²) >= 11 is 0. The molecule has 1 saturated heterocycles. The van der Waals surface area contributed by atoms with Crippen molar-refractivity contribution in [2.75, 3.05) is 46.2 Å². The van der Waals surface area contributed by atoms with E-state index < -0.39 is 10.0 Å². The average molecular weight is 446 g/mol.